The Kier molecular flexibility index (Phi) is 5.88. The summed E-state index contributed by atoms with van der Waals surface area (Å²) in [4.78, 5) is 2.46. The van der Waals surface area contributed by atoms with E-state index >= 15 is 0 Å². The molecule has 0 saturated heterocycles. The largest absolute Gasteiger partial charge is 0.383 e. The van der Waals surface area contributed by atoms with Crippen LogP contribution in [0.4, 0.5) is 0 Å². The molecule has 1 aliphatic rings. The molecule has 0 saturated carbocycles. The van der Waals surface area contributed by atoms with Crippen LogP contribution in [-0.2, 0) is 4.74 Å². The van der Waals surface area contributed by atoms with Gasteiger partial charge in [0, 0.05) is 26.7 Å². The van der Waals surface area contributed by atoms with E-state index in [1.807, 2.05) is 0 Å². The van der Waals surface area contributed by atoms with Crippen molar-refractivity contribution >= 4 is 0 Å². The van der Waals surface area contributed by atoms with Gasteiger partial charge in [0.15, 0.2) is 0 Å². The minimum absolute atomic E-state index is 0.859. The monoisotopic (exact) mass is 197 g/mol. The minimum atomic E-state index is 0.859. The Balaban J connectivity index is 2.18. The third-order valence-electron chi connectivity index (χ3n) is 2.85. The van der Waals surface area contributed by atoms with Gasteiger partial charge >= 0.3 is 0 Å². The summed E-state index contributed by atoms with van der Waals surface area (Å²) in [6, 6.07) is 0. The van der Waals surface area contributed by atoms with E-state index < -0.39 is 0 Å². The molecule has 2 heteroatoms. The van der Waals surface area contributed by atoms with E-state index in [0.29, 0.717) is 0 Å². The van der Waals surface area contributed by atoms with Gasteiger partial charge in [-0.25, -0.2) is 0 Å². The first kappa shape index (κ1) is 11.7. The molecule has 0 unspecified atom stereocenters. The van der Waals surface area contributed by atoms with Crippen LogP contribution in [-0.4, -0.2) is 38.3 Å². The minimum Gasteiger partial charge on any atom is -0.383 e. The van der Waals surface area contributed by atoms with Crippen molar-refractivity contribution in [3.05, 3.63) is 11.6 Å². The smallest absolute Gasteiger partial charge is 0.0589 e. The van der Waals surface area contributed by atoms with E-state index in [1.54, 1.807) is 12.7 Å². The molecule has 0 fully saturated rings. The summed E-state index contributed by atoms with van der Waals surface area (Å²) < 4.78 is 5.07. The molecule has 82 valence electrons. The van der Waals surface area contributed by atoms with Crippen molar-refractivity contribution in [2.45, 2.75) is 32.6 Å². The number of rotatable bonds is 6. The lowest BCUT2D eigenvalue weighted by Crippen LogP contribution is -2.31. The second-order valence-corrected chi connectivity index (χ2v) is 4.01. The lowest BCUT2D eigenvalue weighted by Gasteiger charge is -2.25. The quantitative estimate of drug-likeness (QED) is 0.606. The molecule has 14 heavy (non-hydrogen) atoms. The molecule has 0 amide bonds. The zero-order valence-corrected chi connectivity index (χ0v) is 9.59. The Labute approximate surface area is 87.9 Å². The fraction of sp³-hybridized carbons (Fsp3) is 0.833. The van der Waals surface area contributed by atoms with Gasteiger partial charge in [-0.1, -0.05) is 25.0 Å². The van der Waals surface area contributed by atoms with Gasteiger partial charge in [0.25, 0.3) is 0 Å². The average Bonchev–Trinajstić information content (AvgIpc) is 2.25. The van der Waals surface area contributed by atoms with Crippen LogP contribution in [0.15, 0.2) is 11.6 Å². The average molecular weight is 197 g/mol. The molecular formula is C12H23NO. The molecule has 0 aliphatic carbocycles. The Hall–Kier alpha value is -0.340. The van der Waals surface area contributed by atoms with Gasteiger partial charge in [-0.3, -0.25) is 4.90 Å². The van der Waals surface area contributed by atoms with E-state index in [-0.39, 0.29) is 0 Å². The number of hydrogen-bond acceptors (Lipinski definition) is 2. The van der Waals surface area contributed by atoms with Crippen LogP contribution < -0.4 is 0 Å². The second-order valence-electron chi connectivity index (χ2n) is 4.01. The molecule has 0 atom stereocenters. The van der Waals surface area contributed by atoms with Crippen molar-refractivity contribution in [3.63, 3.8) is 0 Å². The molecule has 0 bridgehead atoms. The Morgan fingerprint density at radius 1 is 1.50 bits per heavy atom. The summed E-state index contributed by atoms with van der Waals surface area (Å²) in [6.45, 7) is 6.54. The lowest BCUT2D eigenvalue weighted by molar-refractivity contribution is 0.152. The van der Waals surface area contributed by atoms with Crippen LogP contribution >= 0.6 is 0 Å². The van der Waals surface area contributed by atoms with E-state index in [9.17, 15) is 0 Å². The molecule has 1 rings (SSSR count). The van der Waals surface area contributed by atoms with Crippen molar-refractivity contribution in [3.8, 4) is 0 Å². The first-order chi connectivity index (χ1) is 6.86. The van der Waals surface area contributed by atoms with Crippen LogP contribution in [0.25, 0.3) is 0 Å². The highest BCUT2D eigenvalue weighted by molar-refractivity contribution is 5.07. The predicted molar refractivity (Wildman–Crippen MR) is 60.5 cm³/mol. The van der Waals surface area contributed by atoms with Crippen molar-refractivity contribution in [2.24, 2.45) is 0 Å². The van der Waals surface area contributed by atoms with Gasteiger partial charge in [-0.15, -0.1) is 0 Å². The number of hydrogen-bond donors (Lipinski definition) is 0. The maximum atomic E-state index is 5.07. The van der Waals surface area contributed by atoms with Crippen LogP contribution in [0.5, 0.6) is 0 Å². The highest BCUT2D eigenvalue weighted by Crippen LogP contribution is 2.16. The van der Waals surface area contributed by atoms with E-state index in [2.05, 4.69) is 17.9 Å². The summed E-state index contributed by atoms with van der Waals surface area (Å²) in [7, 11) is 1.77. The molecule has 0 spiro atoms. The van der Waals surface area contributed by atoms with E-state index in [4.69, 9.17) is 4.74 Å². The van der Waals surface area contributed by atoms with Gasteiger partial charge in [0.2, 0.25) is 0 Å². The third kappa shape index (κ3) is 4.25. The number of ether oxygens (including phenoxy) is 1. The second kappa shape index (κ2) is 7.02. The van der Waals surface area contributed by atoms with Crippen LogP contribution in [0.3, 0.4) is 0 Å². The van der Waals surface area contributed by atoms with Crippen LogP contribution in [0.2, 0.25) is 0 Å². The zero-order valence-electron chi connectivity index (χ0n) is 9.59. The molecule has 1 aliphatic heterocycles. The highest BCUT2D eigenvalue weighted by Gasteiger charge is 2.10. The number of unbranched alkanes of at least 4 members (excludes halogenated alkanes) is 1. The molecule has 1 heterocycles. The Morgan fingerprint density at radius 2 is 2.36 bits per heavy atom. The Bertz CT molecular complexity index is 177. The molecule has 0 N–H and O–H groups in total. The molecule has 0 aromatic carbocycles. The van der Waals surface area contributed by atoms with Crippen LogP contribution in [0.1, 0.15) is 32.6 Å². The van der Waals surface area contributed by atoms with Gasteiger partial charge in [-0.05, 0) is 19.3 Å². The van der Waals surface area contributed by atoms with Crippen molar-refractivity contribution < 1.29 is 4.74 Å². The van der Waals surface area contributed by atoms with Gasteiger partial charge < -0.3 is 4.74 Å². The fourth-order valence-corrected chi connectivity index (χ4v) is 1.81. The lowest BCUT2D eigenvalue weighted by atomic mass is 10.0. The standard InChI is InChI=1S/C12H23NO/c1-3-4-5-12-6-8-13(9-7-12)10-11-14-2/h6H,3-5,7-11H2,1-2H3. The predicted octanol–water partition coefficient (Wildman–Crippen LogP) is 2.46. The van der Waals surface area contributed by atoms with Crippen molar-refractivity contribution in [1.82, 2.24) is 4.90 Å². The maximum Gasteiger partial charge on any atom is 0.0589 e. The zero-order chi connectivity index (χ0) is 10.2. The van der Waals surface area contributed by atoms with Gasteiger partial charge in [-0.2, -0.15) is 0 Å². The topological polar surface area (TPSA) is 12.5 Å². The van der Waals surface area contributed by atoms with Crippen molar-refractivity contribution in [2.75, 3.05) is 33.4 Å². The van der Waals surface area contributed by atoms with E-state index in [1.165, 1.54) is 32.2 Å². The summed E-state index contributed by atoms with van der Waals surface area (Å²) in [5.74, 6) is 0. The highest BCUT2D eigenvalue weighted by atomic mass is 16.5. The molecule has 0 aromatic rings. The molecule has 0 radical (unpaired) electrons. The molecular weight excluding hydrogens is 174 g/mol. The molecule has 2 nitrogen and oxygen atoms in total. The first-order valence-corrected chi connectivity index (χ1v) is 5.76. The number of nitrogens with zero attached hydrogens (tertiary/aromatic N) is 1. The van der Waals surface area contributed by atoms with Crippen LogP contribution in [0, 0.1) is 0 Å². The molecule has 0 aromatic heterocycles. The number of methoxy groups -OCH3 is 1. The normalized spacial score (nSPS) is 18.3. The van der Waals surface area contributed by atoms with E-state index in [0.717, 1.165) is 19.7 Å². The van der Waals surface area contributed by atoms with Gasteiger partial charge in [0.1, 0.15) is 0 Å². The maximum absolute atomic E-state index is 5.07. The summed E-state index contributed by atoms with van der Waals surface area (Å²) in [6.07, 6.45) is 7.65. The third-order valence-corrected chi connectivity index (χ3v) is 2.85. The summed E-state index contributed by atoms with van der Waals surface area (Å²) in [5, 5.41) is 0. The summed E-state index contributed by atoms with van der Waals surface area (Å²) in [5.41, 5.74) is 1.67. The SMILES string of the molecule is CCCCC1=CCN(CCOC)CC1. The first-order valence-electron chi connectivity index (χ1n) is 5.76. The Morgan fingerprint density at radius 3 is 2.93 bits per heavy atom. The van der Waals surface area contributed by atoms with Crippen molar-refractivity contribution in [1.29, 1.82) is 0 Å². The summed E-state index contributed by atoms with van der Waals surface area (Å²) >= 11 is 0. The van der Waals surface area contributed by atoms with Gasteiger partial charge in [0.05, 0.1) is 6.61 Å². The fourth-order valence-electron chi connectivity index (χ4n) is 1.81.